The molecule has 1 unspecified atom stereocenters. The molecule has 0 aromatic carbocycles. The van der Waals surface area contributed by atoms with Crippen molar-refractivity contribution in [3.8, 4) is 0 Å². The number of Topliss-reactive ketones (excluding diaryl/α,β-unsaturated/α-hetero) is 2. The summed E-state index contributed by atoms with van der Waals surface area (Å²) in [5.41, 5.74) is -0.976. The highest BCUT2D eigenvalue weighted by molar-refractivity contribution is 6.22. The van der Waals surface area contributed by atoms with E-state index < -0.39 is 23.5 Å². The van der Waals surface area contributed by atoms with Crippen molar-refractivity contribution in [2.75, 3.05) is 6.54 Å². The average molecular weight is 243 g/mol. The zero-order chi connectivity index (χ0) is 13.4. The van der Waals surface area contributed by atoms with Gasteiger partial charge in [0.25, 0.3) is 0 Å². The summed E-state index contributed by atoms with van der Waals surface area (Å²) in [6, 6.07) is 0. The first-order valence-electron chi connectivity index (χ1n) is 5.33. The zero-order valence-corrected chi connectivity index (χ0v) is 10.1. The average Bonchev–Trinajstić information content (AvgIpc) is 2.13. The number of carbonyl (C=O) groups is 2. The number of hydrogen-bond donors (Lipinski definition) is 3. The van der Waals surface area contributed by atoms with Crippen LogP contribution < -0.4 is 0 Å². The Bertz CT molecular complexity index is 383. The van der Waals surface area contributed by atoms with Crippen LogP contribution in [0.3, 0.4) is 0 Å². The number of aliphatic hydroxyl groups excluding tert-OH is 1. The molecule has 6 heteroatoms. The molecule has 0 aliphatic heterocycles. The van der Waals surface area contributed by atoms with E-state index in [4.69, 9.17) is 10.4 Å². The lowest BCUT2D eigenvalue weighted by Crippen LogP contribution is -2.37. The van der Waals surface area contributed by atoms with E-state index in [1.165, 1.54) is 0 Å². The van der Waals surface area contributed by atoms with Gasteiger partial charge in [-0.15, -0.1) is 0 Å². The number of carbonyl (C=O) groups excluding carboxylic acids is 2. The lowest BCUT2D eigenvalue weighted by atomic mass is 9.71. The Morgan fingerprint density at radius 1 is 1.47 bits per heavy atom. The van der Waals surface area contributed by atoms with Gasteiger partial charge in [0.15, 0.2) is 11.6 Å². The van der Waals surface area contributed by atoms with Crippen LogP contribution in [0, 0.1) is 11.3 Å². The second kappa shape index (κ2) is 4.56. The Balaban J connectivity index is 3.16. The van der Waals surface area contributed by atoms with Gasteiger partial charge in [-0.2, -0.15) is 0 Å². The Kier molecular flexibility index (Phi) is 3.71. The summed E-state index contributed by atoms with van der Waals surface area (Å²) in [5.74, 6) is -1.89. The number of nitrogens with zero attached hydrogens (tertiary/aromatic N) is 1. The predicted molar refractivity (Wildman–Crippen MR) is 57.5 cm³/mol. The molecule has 0 saturated carbocycles. The Morgan fingerprint density at radius 3 is 2.47 bits per heavy atom. The minimum atomic E-state index is -0.794. The third kappa shape index (κ3) is 2.71. The second-order valence-corrected chi connectivity index (χ2v) is 5.03. The van der Waals surface area contributed by atoms with Gasteiger partial charge in [-0.1, -0.05) is 26.0 Å². The fraction of sp³-hybridized carbons (Fsp3) is 0.636. The number of rotatable bonds is 3. The summed E-state index contributed by atoms with van der Waals surface area (Å²) >= 11 is 0. The van der Waals surface area contributed by atoms with Crippen LogP contribution in [0.4, 0.5) is 0 Å². The molecule has 0 fully saturated rings. The van der Waals surface area contributed by atoms with Gasteiger partial charge in [0.05, 0.1) is 0 Å². The maximum atomic E-state index is 11.8. The van der Waals surface area contributed by atoms with E-state index >= 15 is 0 Å². The van der Waals surface area contributed by atoms with E-state index in [2.05, 4.69) is 0 Å². The maximum absolute atomic E-state index is 11.8. The minimum Gasteiger partial charge on any atom is -0.511 e. The van der Waals surface area contributed by atoms with Crippen LogP contribution in [0.15, 0.2) is 11.3 Å². The van der Waals surface area contributed by atoms with Gasteiger partial charge in [-0.3, -0.25) is 20.0 Å². The van der Waals surface area contributed by atoms with Crippen molar-refractivity contribution in [2.45, 2.75) is 27.2 Å². The Morgan fingerprint density at radius 2 is 2.00 bits per heavy atom. The van der Waals surface area contributed by atoms with E-state index in [-0.39, 0.29) is 22.5 Å². The molecule has 3 N–H and O–H groups in total. The normalized spacial score (nSPS) is 24.4. The van der Waals surface area contributed by atoms with E-state index in [1.807, 2.05) is 0 Å². The number of ketones is 2. The molecule has 96 valence electrons. The van der Waals surface area contributed by atoms with E-state index in [9.17, 15) is 14.7 Å². The molecular weight excluding hydrogens is 226 g/mol. The molecule has 0 amide bonds. The first-order valence-corrected chi connectivity index (χ1v) is 5.33. The highest BCUT2D eigenvalue weighted by Gasteiger charge is 2.41. The van der Waals surface area contributed by atoms with Crippen molar-refractivity contribution in [3.63, 3.8) is 0 Å². The topological polar surface area (TPSA) is 98.1 Å². The second-order valence-electron chi connectivity index (χ2n) is 5.03. The van der Waals surface area contributed by atoms with E-state index in [0.717, 1.165) is 0 Å². The van der Waals surface area contributed by atoms with Gasteiger partial charge >= 0.3 is 0 Å². The molecule has 0 spiro atoms. The summed E-state index contributed by atoms with van der Waals surface area (Å²) in [6.45, 7) is 4.40. The molecule has 17 heavy (non-hydrogen) atoms. The SMILES string of the molecule is CC1CC(C)(C)C(O)=C(C(=O)CN(O)O)C1=O. The molecule has 0 heterocycles. The van der Waals surface area contributed by atoms with Gasteiger partial charge in [-0.05, 0) is 6.42 Å². The molecule has 6 nitrogen and oxygen atoms in total. The van der Waals surface area contributed by atoms with Crippen molar-refractivity contribution >= 4 is 11.6 Å². The fourth-order valence-electron chi connectivity index (χ4n) is 2.13. The quantitative estimate of drug-likeness (QED) is 0.507. The molecule has 0 saturated heterocycles. The number of hydrogen-bond acceptors (Lipinski definition) is 6. The molecular formula is C11H17NO5. The molecule has 0 radical (unpaired) electrons. The maximum Gasteiger partial charge on any atom is 0.188 e. The molecule has 0 aromatic rings. The Labute approximate surface area is 99.1 Å². The smallest absolute Gasteiger partial charge is 0.188 e. The Hall–Kier alpha value is -1.24. The summed E-state index contributed by atoms with van der Waals surface area (Å²) in [5, 5.41) is 26.8. The van der Waals surface area contributed by atoms with Crippen LogP contribution in [-0.2, 0) is 9.59 Å². The van der Waals surface area contributed by atoms with Gasteiger partial charge in [0, 0.05) is 11.3 Å². The van der Waals surface area contributed by atoms with Gasteiger partial charge in [-0.25, -0.2) is 0 Å². The largest absolute Gasteiger partial charge is 0.511 e. The number of allylic oxidation sites excluding steroid dienone is 1. The van der Waals surface area contributed by atoms with Gasteiger partial charge in [0.1, 0.15) is 17.9 Å². The first kappa shape index (κ1) is 13.8. The van der Waals surface area contributed by atoms with Gasteiger partial charge in [0.2, 0.25) is 0 Å². The van der Waals surface area contributed by atoms with Crippen molar-refractivity contribution in [3.05, 3.63) is 11.3 Å². The van der Waals surface area contributed by atoms with Crippen molar-refractivity contribution in [1.82, 2.24) is 5.23 Å². The lowest BCUT2D eigenvalue weighted by Gasteiger charge is -2.33. The minimum absolute atomic E-state index is 0.271. The van der Waals surface area contributed by atoms with Crippen LogP contribution >= 0.6 is 0 Å². The third-order valence-electron chi connectivity index (χ3n) is 2.95. The summed E-state index contributed by atoms with van der Waals surface area (Å²) in [4.78, 5) is 23.5. The molecule has 1 rings (SSSR count). The molecule has 1 aliphatic rings. The van der Waals surface area contributed by atoms with Crippen molar-refractivity contribution < 1.29 is 25.1 Å². The highest BCUT2D eigenvalue weighted by atomic mass is 16.8. The standard InChI is InChI=1S/C11H17NO5/c1-6-4-11(2,3)10(15)8(9(6)14)7(13)5-12(16)17/h6,15-17H,4-5H2,1-3H3. The lowest BCUT2D eigenvalue weighted by molar-refractivity contribution is -0.300. The van der Waals surface area contributed by atoms with Crippen LogP contribution in [0.1, 0.15) is 27.2 Å². The monoisotopic (exact) mass is 243 g/mol. The summed E-state index contributed by atoms with van der Waals surface area (Å²) in [6.07, 6.45) is 0.455. The number of hydroxylamine groups is 2. The zero-order valence-electron chi connectivity index (χ0n) is 10.1. The third-order valence-corrected chi connectivity index (χ3v) is 2.95. The van der Waals surface area contributed by atoms with E-state index in [0.29, 0.717) is 6.42 Å². The van der Waals surface area contributed by atoms with Crippen molar-refractivity contribution in [1.29, 1.82) is 0 Å². The molecule has 1 aliphatic carbocycles. The van der Waals surface area contributed by atoms with Crippen LogP contribution in [0.25, 0.3) is 0 Å². The van der Waals surface area contributed by atoms with Gasteiger partial charge < -0.3 is 5.11 Å². The van der Waals surface area contributed by atoms with E-state index in [1.54, 1.807) is 20.8 Å². The van der Waals surface area contributed by atoms with Crippen LogP contribution in [0.2, 0.25) is 0 Å². The van der Waals surface area contributed by atoms with Crippen molar-refractivity contribution in [2.24, 2.45) is 11.3 Å². The molecule has 0 aromatic heterocycles. The highest BCUT2D eigenvalue weighted by Crippen LogP contribution is 2.39. The summed E-state index contributed by atoms with van der Waals surface area (Å²) < 4.78 is 0. The molecule has 1 atom stereocenters. The predicted octanol–water partition coefficient (Wildman–Crippen LogP) is 1.08. The molecule has 0 bridgehead atoms. The number of aliphatic hydroxyl groups is 1. The summed E-state index contributed by atoms with van der Waals surface area (Å²) in [7, 11) is 0. The van der Waals surface area contributed by atoms with Crippen LogP contribution in [-0.4, -0.2) is 38.9 Å². The first-order chi connectivity index (χ1) is 7.66. The fourth-order valence-corrected chi connectivity index (χ4v) is 2.13. The van der Waals surface area contributed by atoms with Crippen LogP contribution in [0.5, 0.6) is 0 Å².